The molecule has 0 unspecified atom stereocenters. The van der Waals surface area contributed by atoms with E-state index >= 15 is 0 Å². The van der Waals surface area contributed by atoms with Gasteiger partial charge < -0.3 is 34.0 Å². The van der Waals surface area contributed by atoms with Gasteiger partial charge in [-0.05, 0) is 193 Å². The van der Waals surface area contributed by atoms with Gasteiger partial charge in [-0.25, -0.2) is 15.0 Å². The van der Waals surface area contributed by atoms with E-state index in [0.717, 1.165) is 114 Å². The lowest BCUT2D eigenvalue weighted by molar-refractivity contribution is 0.440. The molecule has 0 amide bonds. The Morgan fingerprint density at radius 1 is 0.218 bits per heavy atom. The minimum atomic E-state index is -0.640. The molecule has 23 rings (SSSR count). The largest absolute Gasteiger partial charge is 0.315 e. The molecule has 119 heavy (non-hydrogen) atoms. The lowest BCUT2D eigenvalue weighted by Crippen LogP contribution is -2.43. The molecule has 0 atom stereocenters. The van der Waals surface area contributed by atoms with Crippen molar-refractivity contribution in [2.24, 2.45) is 0 Å². The average Bonchev–Trinajstić information content (AvgIpc) is 1.54. The van der Waals surface area contributed by atoms with Crippen molar-refractivity contribution in [3.8, 4) is 11.1 Å². The first kappa shape index (κ1) is 71.5. The summed E-state index contributed by atoms with van der Waals surface area (Å²) in [5, 5.41) is 0. The number of fused-ring (bicyclic) bond motifs is 19. The van der Waals surface area contributed by atoms with Crippen LogP contribution in [0.25, 0.3) is 44.2 Å². The van der Waals surface area contributed by atoms with Gasteiger partial charge in [-0.3, -0.25) is 9.13 Å². The van der Waals surface area contributed by atoms with Gasteiger partial charge in [-0.2, -0.15) is 0 Å². The Hall–Kier alpha value is -15.3. The van der Waals surface area contributed by atoms with Crippen LogP contribution in [0, 0.1) is 0 Å². The van der Waals surface area contributed by atoms with E-state index in [2.05, 4.69) is 497 Å². The van der Waals surface area contributed by atoms with E-state index in [9.17, 15) is 0 Å². The van der Waals surface area contributed by atoms with Crippen molar-refractivity contribution in [3.63, 3.8) is 0 Å². The molecule has 0 N–H and O–H groups in total. The topological polar surface area (TPSA) is 72.9 Å². The molecule has 1 spiro atoms. The van der Waals surface area contributed by atoms with Crippen LogP contribution in [0.1, 0.15) is 52.8 Å². The number of benzene rings is 16. The van der Waals surface area contributed by atoms with Crippen LogP contribution in [0.2, 0.25) is 0 Å². The minimum absolute atomic E-state index is 0.226. The first-order valence-electron chi connectivity index (χ1n) is 40.7. The van der Waals surface area contributed by atoms with Crippen molar-refractivity contribution in [2.75, 3.05) is 50.5 Å². The second-order valence-electron chi connectivity index (χ2n) is 31.3. The van der Waals surface area contributed by atoms with Crippen molar-refractivity contribution >= 4 is 119 Å². The second kappa shape index (κ2) is 28.9. The number of aromatic nitrogens is 6. The molecule has 1 aliphatic carbocycles. The molecule has 12 nitrogen and oxygen atoms in total. The van der Waals surface area contributed by atoms with E-state index in [4.69, 9.17) is 15.0 Å². The fraction of sp³-hybridized carbons (Fsp3) is 0.0748. The minimum Gasteiger partial charge on any atom is -0.315 e. The number of anilines is 15. The standard InChI is InChI=1S/C39H28N4.C39H30N4.C29H26N4/c1-41-37-26-29(42(27-14-4-2-5-15-27)28-16-6-3-7-17-28)24-25-34(37)39(43-36-23-13-12-22-35(36)40-38(41)43)32-20-10-8-18-30(32)31-19-9-11-21-33(31)39;1-41-37-28-33(42(31-20-10-4-11-21-31)32-22-12-5-13-23-32)26-27-34(37)39(29-16-6-2-7-17-29,30-18-8-3-9-19-30)43-36-25-15-14-24-35(36)40-38(41)43;1-29(2)24-19-18-23(32(21-12-6-4-7-13-21)22-14-8-5-9-15-22)20-27(24)31(3)28-30-25-16-10-11-17-26(25)33(28)29/h2-26H,1H3;2-28H,1H3;4-20H,1-3H3. The van der Waals surface area contributed by atoms with Crippen molar-refractivity contribution in [1.82, 2.24) is 28.7 Å². The summed E-state index contributed by atoms with van der Waals surface area (Å²) in [4.78, 5) is 29.2. The van der Waals surface area contributed by atoms with Crippen LogP contribution >= 0.6 is 0 Å². The molecule has 0 radical (unpaired) electrons. The SMILES string of the molecule is CN1c2cc(N(c3ccccc3)c3ccccc3)ccc2C(C)(C)n2c1nc1ccccc12.CN1c2cc(N(c3ccccc3)c3ccccc3)ccc2C(c2ccccc2)(c2ccccc2)n2c1nc1ccccc12.CN1c2cc(N(c3ccccc3)c3ccccc3)ccc2C2(c3ccccc3-c3ccccc32)n2c1nc1ccccc12. The number of para-hydroxylation sites is 12. The van der Waals surface area contributed by atoms with Crippen molar-refractivity contribution < 1.29 is 0 Å². The quantitative estimate of drug-likeness (QED) is 0.126. The summed E-state index contributed by atoms with van der Waals surface area (Å²) in [5.41, 5.74) is 29.6. The van der Waals surface area contributed by atoms with Crippen LogP contribution in [-0.2, 0) is 16.6 Å². The number of hydrogen-bond acceptors (Lipinski definition) is 9. The van der Waals surface area contributed by atoms with Gasteiger partial charge in [0.05, 0.1) is 55.7 Å². The molecule has 3 aliphatic heterocycles. The molecule has 4 aliphatic rings. The fourth-order valence-electron chi connectivity index (χ4n) is 19.2. The highest BCUT2D eigenvalue weighted by Crippen LogP contribution is 2.61. The van der Waals surface area contributed by atoms with Gasteiger partial charge in [0.25, 0.3) is 0 Å². The zero-order valence-electron chi connectivity index (χ0n) is 66.7. The third-order valence-corrected chi connectivity index (χ3v) is 24.4. The Kier molecular flexibility index (Phi) is 17.4. The molecule has 0 bridgehead atoms. The fourth-order valence-corrected chi connectivity index (χ4v) is 19.2. The summed E-state index contributed by atoms with van der Waals surface area (Å²) in [6, 6.07) is 149. The van der Waals surface area contributed by atoms with Crippen molar-refractivity contribution in [2.45, 2.75) is 30.5 Å². The van der Waals surface area contributed by atoms with Crippen LogP contribution in [0.5, 0.6) is 0 Å². The number of nitrogens with zero attached hydrogens (tertiary/aromatic N) is 12. The molecule has 572 valence electrons. The average molecular weight is 1540 g/mol. The summed E-state index contributed by atoms with van der Waals surface area (Å²) >= 11 is 0. The zero-order valence-corrected chi connectivity index (χ0v) is 66.7. The van der Waals surface area contributed by atoms with Gasteiger partial charge >= 0.3 is 0 Å². The predicted octanol–water partition coefficient (Wildman–Crippen LogP) is 26.2. The lowest BCUT2D eigenvalue weighted by atomic mass is 9.74. The summed E-state index contributed by atoms with van der Waals surface area (Å²) in [6.45, 7) is 4.56. The number of hydrogen-bond donors (Lipinski definition) is 0. The third kappa shape index (κ3) is 11.4. The summed E-state index contributed by atoms with van der Waals surface area (Å²) < 4.78 is 7.26. The monoisotopic (exact) mass is 1540 g/mol. The highest BCUT2D eigenvalue weighted by molar-refractivity contribution is 5.95. The van der Waals surface area contributed by atoms with E-state index in [1.54, 1.807) is 0 Å². The Morgan fingerprint density at radius 3 is 0.815 bits per heavy atom. The highest BCUT2D eigenvalue weighted by atomic mass is 15.4. The molecule has 0 saturated carbocycles. The molecule has 3 aromatic heterocycles. The Labute approximate surface area is 693 Å². The molecular formula is C107H84N12. The summed E-state index contributed by atoms with van der Waals surface area (Å²) in [5.74, 6) is 2.81. The van der Waals surface area contributed by atoms with Gasteiger partial charge in [0.15, 0.2) is 0 Å². The molecule has 16 aromatic carbocycles. The van der Waals surface area contributed by atoms with E-state index in [1.165, 1.54) is 55.8 Å². The van der Waals surface area contributed by atoms with E-state index in [0.29, 0.717) is 0 Å². The molecule has 12 heteroatoms. The van der Waals surface area contributed by atoms with Crippen LogP contribution in [0.3, 0.4) is 0 Å². The van der Waals surface area contributed by atoms with Gasteiger partial charge in [-0.15, -0.1) is 0 Å². The summed E-state index contributed by atoms with van der Waals surface area (Å²) in [7, 11) is 6.40. The first-order chi connectivity index (χ1) is 58.6. The molecule has 19 aromatic rings. The lowest BCUT2D eigenvalue weighted by Gasteiger charge is -2.45. The van der Waals surface area contributed by atoms with Gasteiger partial charge in [-0.1, -0.05) is 273 Å². The van der Waals surface area contributed by atoms with Crippen molar-refractivity contribution in [3.05, 3.63) is 458 Å². The van der Waals surface area contributed by atoms with Crippen LogP contribution < -0.4 is 29.4 Å². The molecule has 6 heterocycles. The first-order valence-corrected chi connectivity index (χ1v) is 40.7. The van der Waals surface area contributed by atoms with E-state index < -0.39 is 11.1 Å². The number of imidazole rings is 3. The maximum atomic E-state index is 5.26. The maximum Gasteiger partial charge on any atom is 0.212 e. The molecule has 0 saturated heterocycles. The van der Waals surface area contributed by atoms with Crippen LogP contribution in [0.4, 0.5) is 86.1 Å². The number of rotatable bonds is 11. The molecule has 0 fully saturated rings. The van der Waals surface area contributed by atoms with Gasteiger partial charge in [0.2, 0.25) is 17.8 Å². The second-order valence-corrected chi connectivity index (χ2v) is 31.3. The Balaban J connectivity index is 0.000000112. The highest BCUT2D eigenvalue weighted by Gasteiger charge is 2.53. The van der Waals surface area contributed by atoms with Crippen LogP contribution in [-0.4, -0.2) is 49.8 Å². The van der Waals surface area contributed by atoms with Gasteiger partial charge in [0.1, 0.15) is 11.1 Å². The smallest absolute Gasteiger partial charge is 0.212 e. The van der Waals surface area contributed by atoms with Crippen LogP contribution in [0.15, 0.2) is 419 Å². The summed E-state index contributed by atoms with van der Waals surface area (Å²) in [6.07, 6.45) is 0. The van der Waals surface area contributed by atoms with Crippen molar-refractivity contribution in [1.29, 1.82) is 0 Å². The normalized spacial score (nSPS) is 13.7. The van der Waals surface area contributed by atoms with E-state index in [-0.39, 0.29) is 5.54 Å². The molecular weight excluding hydrogens is 1450 g/mol. The third-order valence-electron chi connectivity index (χ3n) is 24.4. The Morgan fingerprint density at radius 2 is 0.471 bits per heavy atom. The predicted molar refractivity (Wildman–Crippen MR) is 491 cm³/mol. The maximum absolute atomic E-state index is 5.26. The Bertz CT molecular complexity index is 6550. The van der Waals surface area contributed by atoms with E-state index in [1.807, 2.05) is 0 Å². The van der Waals surface area contributed by atoms with Gasteiger partial charge in [0, 0.05) is 89.0 Å². The zero-order chi connectivity index (χ0) is 79.9.